The normalized spacial score (nSPS) is 16.0. The van der Waals surface area contributed by atoms with Crippen LogP contribution in [0.2, 0.25) is 0 Å². The molecule has 25 heavy (non-hydrogen) atoms. The Balaban J connectivity index is 1.45. The standard InChI is InChI=1S/C17H14N2O5S/c1-10-9-25-17-18-11(6-15(20)19(10)17)7-23-16(21)14-8-22-12-4-2-3-5-13(12)24-14/h2-6,9,14H,7-8H2,1H3/t14-/m0/s1. The van der Waals surface area contributed by atoms with Crippen LogP contribution < -0.4 is 15.0 Å². The molecule has 3 aromatic rings. The van der Waals surface area contributed by atoms with Gasteiger partial charge in [-0.25, -0.2) is 9.78 Å². The van der Waals surface area contributed by atoms with E-state index in [2.05, 4.69) is 4.98 Å². The van der Waals surface area contributed by atoms with Crippen LogP contribution in [0.15, 0.2) is 40.5 Å². The van der Waals surface area contributed by atoms with Gasteiger partial charge in [0, 0.05) is 17.1 Å². The molecule has 128 valence electrons. The number of aryl methyl sites for hydroxylation is 1. The summed E-state index contributed by atoms with van der Waals surface area (Å²) in [5, 5.41) is 1.85. The second-order valence-corrected chi connectivity index (χ2v) is 6.39. The van der Waals surface area contributed by atoms with Gasteiger partial charge in [0.1, 0.15) is 13.2 Å². The monoisotopic (exact) mass is 358 g/mol. The number of thiazole rings is 1. The summed E-state index contributed by atoms with van der Waals surface area (Å²) in [6.07, 6.45) is -0.844. The maximum absolute atomic E-state index is 12.2. The van der Waals surface area contributed by atoms with Crippen molar-refractivity contribution >= 4 is 22.3 Å². The van der Waals surface area contributed by atoms with Crippen LogP contribution in [0.1, 0.15) is 11.4 Å². The average molecular weight is 358 g/mol. The third kappa shape index (κ3) is 2.96. The SMILES string of the molecule is Cc1csc2nc(COC(=O)[C@@H]3COc4ccccc4O3)cc(=O)n12. The molecule has 1 aliphatic heterocycles. The molecule has 0 bridgehead atoms. The summed E-state index contributed by atoms with van der Waals surface area (Å²) in [4.78, 5) is 29.2. The van der Waals surface area contributed by atoms with Gasteiger partial charge in [0.05, 0.1) is 5.69 Å². The number of ether oxygens (including phenoxy) is 3. The summed E-state index contributed by atoms with van der Waals surface area (Å²) in [5.41, 5.74) is 1.03. The summed E-state index contributed by atoms with van der Waals surface area (Å²) in [6, 6.07) is 8.49. The minimum Gasteiger partial charge on any atom is -0.485 e. The Kier molecular flexibility index (Phi) is 3.89. The molecule has 0 amide bonds. The molecule has 0 radical (unpaired) electrons. The zero-order valence-electron chi connectivity index (χ0n) is 13.3. The van der Waals surface area contributed by atoms with E-state index >= 15 is 0 Å². The van der Waals surface area contributed by atoms with Gasteiger partial charge in [0.15, 0.2) is 16.5 Å². The van der Waals surface area contributed by atoms with E-state index in [-0.39, 0.29) is 18.8 Å². The van der Waals surface area contributed by atoms with Gasteiger partial charge in [0.2, 0.25) is 6.10 Å². The van der Waals surface area contributed by atoms with Gasteiger partial charge in [-0.2, -0.15) is 0 Å². The summed E-state index contributed by atoms with van der Waals surface area (Å²) < 4.78 is 17.9. The highest BCUT2D eigenvalue weighted by Crippen LogP contribution is 2.31. The summed E-state index contributed by atoms with van der Waals surface area (Å²) >= 11 is 1.36. The van der Waals surface area contributed by atoms with Crippen LogP contribution in [-0.4, -0.2) is 28.1 Å². The fraction of sp³-hybridized carbons (Fsp3) is 0.235. The highest BCUT2D eigenvalue weighted by atomic mass is 32.1. The minimum absolute atomic E-state index is 0.0785. The van der Waals surface area contributed by atoms with Gasteiger partial charge < -0.3 is 14.2 Å². The molecule has 0 fully saturated rings. The maximum atomic E-state index is 12.2. The summed E-state index contributed by atoms with van der Waals surface area (Å²) in [5.74, 6) is 0.543. The lowest BCUT2D eigenvalue weighted by Crippen LogP contribution is -2.37. The number of esters is 1. The van der Waals surface area contributed by atoms with E-state index in [9.17, 15) is 9.59 Å². The number of aromatic nitrogens is 2. The van der Waals surface area contributed by atoms with Crippen molar-refractivity contribution in [2.24, 2.45) is 0 Å². The molecule has 3 heterocycles. The molecular weight excluding hydrogens is 344 g/mol. The second kappa shape index (κ2) is 6.21. The second-order valence-electron chi connectivity index (χ2n) is 5.55. The van der Waals surface area contributed by atoms with E-state index in [1.807, 2.05) is 18.4 Å². The highest BCUT2D eigenvalue weighted by Gasteiger charge is 2.28. The third-order valence-corrected chi connectivity index (χ3v) is 4.71. The Labute approximate surface area is 146 Å². The summed E-state index contributed by atoms with van der Waals surface area (Å²) in [6.45, 7) is 1.82. The lowest BCUT2D eigenvalue weighted by molar-refractivity contribution is -0.156. The van der Waals surface area contributed by atoms with Gasteiger partial charge in [0.25, 0.3) is 5.56 Å². The fourth-order valence-corrected chi connectivity index (χ4v) is 3.44. The maximum Gasteiger partial charge on any atom is 0.351 e. The number of rotatable bonds is 3. The molecular formula is C17H14N2O5S. The smallest absolute Gasteiger partial charge is 0.351 e. The van der Waals surface area contributed by atoms with Crippen LogP contribution in [0.25, 0.3) is 4.96 Å². The molecule has 0 saturated heterocycles. The molecule has 1 atom stereocenters. The van der Waals surface area contributed by atoms with Gasteiger partial charge in [-0.15, -0.1) is 11.3 Å². The zero-order valence-corrected chi connectivity index (χ0v) is 14.1. The first-order valence-electron chi connectivity index (χ1n) is 7.64. The molecule has 0 spiro atoms. The molecule has 0 unspecified atom stereocenters. The Morgan fingerprint density at radius 1 is 1.40 bits per heavy atom. The van der Waals surface area contributed by atoms with Gasteiger partial charge in [-0.1, -0.05) is 12.1 Å². The van der Waals surface area contributed by atoms with Crippen molar-refractivity contribution in [1.82, 2.24) is 9.38 Å². The van der Waals surface area contributed by atoms with E-state index in [1.54, 1.807) is 18.2 Å². The first-order chi connectivity index (χ1) is 12.1. The summed E-state index contributed by atoms with van der Waals surface area (Å²) in [7, 11) is 0. The van der Waals surface area contributed by atoms with Crippen LogP contribution in [0.3, 0.4) is 0 Å². The molecule has 0 saturated carbocycles. The van der Waals surface area contributed by atoms with Gasteiger partial charge in [-0.05, 0) is 19.1 Å². The van der Waals surface area contributed by atoms with Crippen molar-refractivity contribution in [2.45, 2.75) is 19.6 Å². The number of hydrogen-bond acceptors (Lipinski definition) is 7. The molecule has 7 nitrogen and oxygen atoms in total. The van der Waals surface area contributed by atoms with Crippen molar-refractivity contribution in [2.75, 3.05) is 6.61 Å². The van der Waals surface area contributed by atoms with Crippen LogP contribution in [-0.2, 0) is 16.1 Å². The van der Waals surface area contributed by atoms with E-state index < -0.39 is 12.1 Å². The molecule has 1 aromatic carbocycles. The number of carbonyl (C=O) groups excluding carboxylic acids is 1. The van der Waals surface area contributed by atoms with Crippen LogP contribution in [0.5, 0.6) is 11.5 Å². The number of carbonyl (C=O) groups is 1. The molecule has 0 aliphatic carbocycles. The van der Waals surface area contributed by atoms with Gasteiger partial charge in [-0.3, -0.25) is 9.20 Å². The van der Waals surface area contributed by atoms with Crippen LogP contribution >= 0.6 is 11.3 Å². The Morgan fingerprint density at radius 2 is 2.20 bits per heavy atom. The third-order valence-electron chi connectivity index (χ3n) is 3.76. The average Bonchev–Trinajstić information content (AvgIpc) is 3.00. The first-order valence-corrected chi connectivity index (χ1v) is 8.52. The lowest BCUT2D eigenvalue weighted by atomic mass is 10.2. The van der Waals surface area contributed by atoms with E-state index in [4.69, 9.17) is 14.2 Å². The van der Waals surface area contributed by atoms with Crippen molar-refractivity contribution in [3.05, 3.63) is 57.5 Å². The molecule has 1 aliphatic rings. The quantitative estimate of drug-likeness (QED) is 0.666. The predicted octanol–water partition coefficient (Wildman–Crippen LogP) is 1.95. The topological polar surface area (TPSA) is 79.1 Å². The number of nitrogens with zero attached hydrogens (tertiary/aromatic N) is 2. The molecule has 8 heteroatoms. The van der Waals surface area contributed by atoms with Crippen molar-refractivity contribution in [3.8, 4) is 11.5 Å². The van der Waals surface area contributed by atoms with Crippen molar-refractivity contribution < 1.29 is 19.0 Å². The van der Waals surface area contributed by atoms with Crippen LogP contribution in [0, 0.1) is 6.92 Å². The molecule has 4 rings (SSSR count). The number of benzene rings is 1. The number of fused-ring (bicyclic) bond motifs is 2. The largest absolute Gasteiger partial charge is 0.485 e. The predicted molar refractivity (Wildman–Crippen MR) is 90.2 cm³/mol. The number of para-hydroxylation sites is 2. The van der Waals surface area contributed by atoms with Crippen molar-refractivity contribution in [1.29, 1.82) is 0 Å². The molecule has 2 aromatic heterocycles. The Bertz CT molecular complexity index is 1010. The first kappa shape index (κ1) is 15.6. The zero-order chi connectivity index (χ0) is 17.4. The van der Waals surface area contributed by atoms with E-state index in [0.29, 0.717) is 22.2 Å². The molecule has 0 N–H and O–H groups in total. The number of hydrogen-bond donors (Lipinski definition) is 0. The van der Waals surface area contributed by atoms with Crippen LogP contribution in [0.4, 0.5) is 0 Å². The van der Waals surface area contributed by atoms with E-state index in [1.165, 1.54) is 21.8 Å². The fourth-order valence-electron chi connectivity index (χ4n) is 2.55. The lowest BCUT2D eigenvalue weighted by Gasteiger charge is -2.24. The van der Waals surface area contributed by atoms with E-state index in [0.717, 1.165) is 5.69 Å². The van der Waals surface area contributed by atoms with Gasteiger partial charge >= 0.3 is 5.97 Å². The van der Waals surface area contributed by atoms with Crippen molar-refractivity contribution in [3.63, 3.8) is 0 Å². The highest BCUT2D eigenvalue weighted by molar-refractivity contribution is 7.15. The Hall–Kier alpha value is -2.87. The minimum atomic E-state index is -0.844. The Morgan fingerprint density at radius 3 is 3.04 bits per heavy atom.